The molecule has 6 heteroatoms. The third kappa shape index (κ3) is 4.51. The van der Waals surface area contributed by atoms with Gasteiger partial charge in [0.15, 0.2) is 17.5 Å². The molecule has 0 aliphatic heterocycles. The van der Waals surface area contributed by atoms with Crippen LogP contribution in [-0.2, 0) is 5.41 Å². The molecule has 2 N–H and O–H groups in total. The summed E-state index contributed by atoms with van der Waals surface area (Å²) in [6.07, 6.45) is 0. The Morgan fingerprint density at radius 3 is 1.50 bits per heavy atom. The molecule has 1 aliphatic rings. The van der Waals surface area contributed by atoms with Crippen LogP contribution in [0.3, 0.4) is 0 Å². The van der Waals surface area contributed by atoms with Crippen molar-refractivity contribution in [3.63, 3.8) is 0 Å². The van der Waals surface area contributed by atoms with Gasteiger partial charge in [-0.05, 0) is 44.9 Å². The molecule has 0 unspecified atom stereocenters. The van der Waals surface area contributed by atoms with Crippen LogP contribution < -0.4 is 5.46 Å². The maximum absolute atomic E-state index is 9.78. The second-order valence-electron chi connectivity index (χ2n) is 11.2. The number of hydrogen-bond acceptors (Lipinski definition) is 5. The zero-order chi connectivity index (χ0) is 28.8. The quantitative estimate of drug-likeness (QED) is 0.241. The van der Waals surface area contributed by atoms with Gasteiger partial charge in [-0.15, -0.1) is 0 Å². The zero-order valence-corrected chi connectivity index (χ0v) is 23.4. The second kappa shape index (κ2) is 10.2. The van der Waals surface area contributed by atoms with Crippen LogP contribution in [0, 0.1) is 0 Å². The summed E-state index contributed by atoms with van der Waals surface area (Å²) in [5, 5.41) is 19.6. The highest BCUT2D eigenvalue weighted by molar-refractivity contribution is 6.58. The molecule has 1 aliphatic carbocycles. The van der Waals surface area contributed by atoms with Crippen LogP contribution in [0.15, 0.2) is 121 Å². The maximum Gasteiger partial charge on any atom is 0.488 e. The van der Waals surface area contributed by atoms with Gasteiger partial charge in [-0.2, -0.15) is 0 Å². The van der Waals surface area contributed by atoms with Crippen LogP contribution in [0.2, 0.25) is 0 Å². The highest BCUT2D eigenvalue weighted by Crippen LogP contribution is 2.49. The predicted molar refractivity (Wildman–Crippen MR) is 169 cm³/mol. The Hall–Kier alpha value is -4.91. The number of hydrogen-bond donors (Lipinski definition) is 2. The third-order valence-corrected chi connectivity index (χ3v) is 8.17. The van der Waals surface area contributed by atoms with Gasteiger partial charge in [0.1, 0.15) is 0 Å². The van der Waals surface area contributed by atoms with E-state index < -0.39 is 7.12 Å². The Kier molecular flexibility index (Phi) is 6.31. The summed E-state index contributed by atoms with van der Waals surface area (Å²) in [7, 11) is -1.51. The Balaban J connectivity index is 1.34. The second-order valence-corrected chi connectivity index (χ2v) is 11.2. The van der Waals surface area contributed by atoms with Crippen molar-refractivity contribution in [3.8, 4) is 56.4 Å². The maximum atomic E-state index is 9.78. The van der Waals surface area contributed by atoms with Crippen molar-refractivity contribution in [2.75, 3.05) is 0 Å². The summed E-state index contributed by atoms with van der Waals surface area (Å²) in [5.74, 6) is 1.84. The minimum atomic E-state index is -1.51. The van der Waals surface area contributed by atoms with Crippen molar-refractivity contribution >= 4 is 12.6 Å². The molecule has 42 heavy (non-hydrogen) atoms. The monoisotopic (exact) mass is 545 g/mol. The molecule has 0 atom stereocenters. The van der Waals surface area contributed by atoms with Gasteiger partial charge in [0.05, 0.1) is 0 Å². The van der Waals surface area contributed by atoms with E-state index in [1.807, 2.05) is 60.7 Å². The predicted octanol–water partition coefficient (Wildman–Crippen LogP) is 6.53. The molecule has 0 spiro atoms. The third-order valence-electron chi connectivity index (χ3n) is 8.17. The van der Waals surface area contributed by atoms with Crippen LogP contribution in [0.4, 0.5) is 0 Å². The molecule has 1 heterocycles. The number of benzene rings is 5. The summed E-state index contributed by atoms with van der Waals surface area (Å²) in [5.41, 5.74) is 9.64. The smallest absolute Gasteiger partial charge is 0.423 e. The van der Waals surface area contributed by atoms with Crippen LogP contribution in [-0.4, -0.2) is 32.1 Å². The molecule has 0 radical (unpaired) electrons. The van der Waals surface area contributed by atoms with Crippen molar-refractivity contribution in [1.29, 1.82) is 0 Å². The lowest BCUT2D eigenvalue weighted by Gasteiger charge is -2.22. The number of rotatable bonds is 5. The van der Waals surface area contributed by atoms with Crippen molar-refractivity contribution in [2.24, 2.45) is 0 Å². The summed E-state index contributed by atoms with van der Waals surface area (Å²) >= 11 is 0. The first-order valence-corrected chi connectivity index (χ1v) is 14.0. The zero-order valence-electron chi connectivity index (χ0n) is 23.4. The molecular formula is C36H28BN3O2. The van der Waals surface area contributed by atoms with E-state index in [0.29, 0.717) is 22.9 Å². The highest BCUT2D eigenvalue weighted by Gasteiger charge is 2.36. The van der Waals surface area contributed by atoms with Crippen molar-refractivity contribution in [2.45, 2.75) is 19.3 Å². The minimum absolute atomic E-state index is 0.336. The fraction of sp³-hybridized carbons (Fsp3) is 0.0833. The van der Waals surface area contributed by atoms with Gasteiger partial charge < -0.3 is 10.0 Å². The van der Waals surface area contributed by atoms with E-state index in [-0.39, 0.29) is 5.41 Å². The summed E-state index contributed by atoms with van der Waals surface area (Å²) < 4.78 is 0. The van der Waals surface area contributed by atoms with Crippen LogP contribution in [0.1, 0.15) is 25.0 Å². The lowest BCUT2D eigenvalue weighted by molar-refractivity contribution is 0.425. The van der Waals surface area contributed by atoms with Gasteiger partial charge in [0.2, 0.25) is 0 Å². The topological polar surface area (TPSA) is 79.1 Å². The SMILES string of the molecule is CC1(C)c2cc(B(O)O)ccc2-c2ccc(-c3nc(-c4ccccc4)nc(-c4ccc(-c5ccccc5)cc4)n3)cc21. The lowest BCUT2D eigenvalue weighted by atomic mass is 9.75. The average Bonchev–Trinajstić information content (AvgIpc) is 3.27. The first-order chi connectivity index (χ1) is 20.4. The van der Waals surface area contributed by atoms with Crippen LogP contribution in [0.25, 0.3) is 56.4 Å². The van der Waals surface area contributed by atoms with Gasteiger partial charge in [-0.25, -0.2) is 15.0 Å². The average molecular weight is 545 g/mol. The number of nitrogens with zero attached hydrogens (tertiary/aromatic N) is 3. The molecule has 202 valence electrons. The largest absolute Gasteiger partial charge is 0.488 e. The Bertz CT molecular complexity index is 1920. The lowest BCUT2D eigenvalue weighted by Crippen LogP contribution is -2.31. The van der Waals surface area contributed by atoms with Crippen LogP contribution >= 0.6 is 0 Å². The normalized spacial score (nSPS) is 13.0. The molecule has 5 nitrogen and oxygen atoms in total. The fourth-order valence-electron chi connectivity index (χ4n) is 5.85. The van der Waals surface area contributed by atoms with Gasteiger partial charge in [0.25, 0.3) is 0 Å². The summed E-state index contributed by atoms with van der Waals surface area (Å²) in [6.45, 7) is 4.33. The Labute approximate surface area is 245 Å². The van der Waals surface area contributed by atoms with Crippen molar-refractivity contribution < 1.29 is 10.0 Å². The van der Waals surface area contributed by atoms with E-state index >= 15 is 0 Å². The van der Waals surface area contributed by atoms with E-state index in [9.17, 15) is 10.0 Å². The van der Waals surface area contributed by atoms with E-state index in [4.69, 9.17) is 15.0 Å². The molecule has 0 fully saturated rings. The minimum Gasteiger partial charge on any atom is -0.423 e. The van der Waals surface area contributed by atoms with Crippen LogP contribution in [0.5, 0.6) is 0 Å². The highest BCUT2D eigenvalue weighted by atomic mass is 16.4. The van der Waals surface area contributed by atoms with Crippen molar-refractivity contribution in [1.82, 2.24) is 15.0 Å². The van der Waals surface area contributed by atoms with E-state index in [1.165, 1.54) is 0 Å². The van der Waals surface area contributed by atoms with E-state index in [2.05, 4.69) is 68.4 Å². The molecule has 5 aromatic carbocycles. The van der Waals surface area contributed by atoms with Gasteiger partial charge in [-0.3, -0.25) is 0 Å². The Morgan fingerprint density at radius 1 is 0.476 bits per heavy atom. The molecular weight excluding hydrogens is 517 g/mol. The molecule has 6 aromatic rings. The number of fused-ring (bicyclic) bond motifs is 3. The molecule has 1 aromatic heterocycles. The molecule has 0 saturated carbocycles. The van der Waals surface area contributed by atoms with E-state index in [1.54, 1.807) is 6.07 Å². The van der Waals surface area contributed by atoms with E-state index in [0.717, 1.165) is 50.1 Å². The molecule has 0 saturated heterocycles. The first kappa shape index (κ1) is 26.0. The van der Waals surface area contributed by atoms with Gasteiger partial charge in [0, 0.05) is 22.1 Å². The molecule has 0 amide bonds. The van der Waals surface area contributed by atoms with Crippen molar-refractivity contribution in [3.05, 3.63) is 132 Å². The summed E-state index contributed by atoms with van der Waals surface area (Å²) in [6, 6.07) is 40.6. The number of aromatic nitrogens is 3. The standard InChI is InChI=1S/C36H28BN3O2/c1-36(2)31-21-27(17-19-29(31)30-20-18-28(37(41)42)22-32(30)36)35-39-33(25-11-7-4-8-12-25)38-34(40-35)26-15-13-24(14-16-26)23-9-5-3-6-10-23/h3-22,41-42H,1-2H3. The molecule has 7 rings (SSSR count). The van der Waals surface area contributed by atoms with Gasteiger partial charge >= 0.3 is 7.12 Å². The Morgan fingerprint density at radius 2 is 0.905 bits per heavy atom. The first-order valence-electron chi connectivity index (χ1n) is 14.0. The summed E-state index contributed by atoms with van der Waals surface area (Å²) in [4.78, 5) is 14.8. The van der Waals surface area contributed by atoms with Gasteiger partial charge in [-0.1, -0.05) is 129 Å². The fourth-order valence-corrected chi connectivity index (χ4v) is 5.85. The molecule has 0 bridgehead atoms.